The summed E-state index contributed by atoms with van der Waals surface area (Å²) < 4.78 is 50.9. The van der Waals surface area contributed by atoms with E-state index >= 15 is 0 Å². The Labute approximate surface area is 117 Å². The Balaban J connectivity index is 2.37. The zero-order chi connectivity index (χ0) is 14.9. The van der Waals surface area contributed by atoms with E-state index in [0.29, 0.717) is 17.4 Å². The van der Waals surface area contributed by atoms with Crippen LogP contribution in [0.3, 0.4) is 0 Å². The van der Waals surface area contributed by atoms with Gasteiger partial charge in [-0.1, -0.05) is 13.0 Å². The minimum absolute atomic E-state index is 0.118. The van der Waals surface area contributed by atoms with Gasteiger partial charge in [0.25, 0.3) is 0 Å². The SMILES string of the molecule is CCc1ccsc1C(O)c1ccc(C(F)(F)F)c(F)c1. The molecule has 1 nitrogen and oxygen atoms in total. The fraction of sp³-hybridized carbons (Fsp3) is 0.286. The molecule has 0 aliphatic rings. The second kappa shape index (κ2) is 5.54. The molecule has 0 radical (unpaired) electrons. The predicted molar refractivity (Wildman–Crippen MR) is 69.2 cm³/mol. The number of aryl methyl sites for hydroxylation is 1. The first kappa shape index (κ1) is 15.0. The number of halogens is 4. The van der Waals surface area contributed by atoms with Gasteiger partial charge in [-0.2, -0.15) is 13.2 Å². The van der Waals surface area contributed by atoms with Crippen LogP contribution in [0, 0.1) is 5.82 Å². The van der Waals surface area contributed by atoms with Crippen molar-refractivity contribution in [2.45, 2.75) is 25.6 Å². The van der Waals surface area contributed by atoms with E-state index in [4.69, 9.17) is 0 Å². The number of thiophene rings is 1. The molecule has 0 saturated heterocycles. The highest BCUT2D eigenvalue weighted by molar-refractivity contribution is 7.10. The summed E-state index contributed by atoms with van der Waals surface area (Å²) in [7, 11) is 0. The Hall–Kier alpha value is -1.40. The molecule has 1 aromatic heterocycles. The van der Waals surface area contributed by atoms with Gasteiger partial charge in [0.15, 0.2) is 0 Å². The molecule has 0 amide bonds. The lowest BCUT2D eigenvalue weighted by molar-refractivity contribution is -0.140. The fourth-order valence-corrected chi connectivity index (χ4v) is 2.97. The molecule has 0 aliphatic carbocycles. The maximum absolute atomic E-state index is 13.5. The second-order valence-electron chi connectivity index (χ2n) is 4.30. The third-order valence-electron chi connectivity index (χ3n) is 3.02. The van der Waals surface area contributed by atoms with Crippen molar-refractivity contribution in [3.05, 3.63) is 57.0 Å². The summed E-state index contributed by atoms with van der Waals surface area (Å²) in [5.74, 6) is -1.37. The van der Waals surface area contributed by atoms with Crippen molar-refractivity contribution < 1.29 is 22.7 Å². The summed E-state index contributed by atoms with van der Waals surface area (Å²) in [6.07, 6.45) is -5.15. The van der Waals surface area contributed by atoms with E-state index in [1.807, 2.05) is 13.0 Å². The number of aliphatic hydroxyl groups excluding tert-OH is 1. The van der Waals surface area contributed by atoms with Crippen molar-refractivity contribution in [3.8, 4) is 0 Å². The molecule has 1 atom stereocenters. The number of rotatable bonds is 3. The monoisotopic (exact) mass is 304 g/mol. The summed E-state index contributed by atoms with van der Waals surface area (Å²) in [4.78, 5) is 0.631. The van der Waals surface area contributed by atoms with E-state index in [9.17, 15) is 22.7 Å². The normalized spacial score (nSPS) is 13.5. The Kier molecular flexibility index (Phi) is 4.15. The van der Waals surface area contributed by atoms with Gasteiger partial charge in [0.1, 0.15) is 11.9 Å². The molecule has 0 saturated carbocycles. The number of alkyl halides is 3. The molecule has 2 aromatic rings. The first-order valence-corrected chi connectivity index (χ1v) is 6.83. The smallest absolute Gasteiger partial charge is 0.383 e. The van der Waals surface area contributed by atoms with E-state index in [1.165, 1.54) is 11.3 Å². The Bertz CT molecular complexity index is 603. The Morgan fingerprint density at radius 2 is 1.95 bits per heavy atom. The summed E-state index contributed by atoms with van der Waals surface area (Å²) in [5, 5.41) is 12.0. The zero-order valence-corrected chi connectivity index (χ0v) is 11.4. The first-order valence-electron chi connectivity index (χ1n) is 5.95. The lowest BCUT2D eigenvalue weighted by Gasteiger charge is -2.14. The third kappa shape index (κ3) is 2.86. The van der Waals surface area contributed by atoms with Gasteiger partial charge in [-0.3, -0.25) is 0 Å². The minimum atomic E-state index is -4.73. The van der Waals surface area contributed by atoms with Crippen LogP contribution in [0.25, 0.3) is 0 Å². The minimum Gasteiger partial charge on any atom is -0.383 e. The molecule has 0 aliphatic heterocycles. The van der Waals surface area contributed by atoms with Crippen molar-refractivity contribution in [1.82, 2.24) is 0 Å². The van der Waals surface area contributed by atoms with Gasteiger partial charge in [-0.25, -0.2) is 4.39 Å². The molecule has 1 unspecified atom stereocenters. The van der Waals surface area contributed by atoms with E-state index in [1.54, 1.807) is 5.38 Å². The van der Waals surface area contributed by atoms with Crippen LogP contribution >= 0.6 is 11.3 Å². The molecule has 108 valence electrons. The van der Waals surface area contributed by atoms with Crippen LogP contribution in [-0.4, -0.2) is 5.11 Å². The fourth-order valence-electron chi connectivity index (χ4n) is 1.96. The van der Waals surface area contributed by atoms with Gasteiger partial charge in [-0.15, -0.1) is 11.3 Å². The Morgan fingerprint density at radius 1 is 1.25 bits per heavy atom. The van der Waals surface area contributed by atoms with Gasteiger partial charge in [0, 0.05) is 4.88 Å². The molecule has 0 spiro atoms. The van der Waals surface area contributed by atoms with E-state index in [-0.39, 0.29) is 5.56 Å². The summed E-state index contributed by atoms with van der Waals surface area (Å²) in [6, 6.07) is 4.35. The number of hydrogen-bond acceptors (Lipinski definition) is 2. The lowest BCUT2D eigenvalue weighted by atomic mass is 10.0. The quantitative estimate of drug-likeness (QED) is 0.825. The van der Waals surface area contributed by atoms with Crippen molar-refractivity contribution in [3.63, 3.8) is 0 Å². The van der Waals surface area contributed by atoms with Crippen LogP contribution in [0.15, 0.2) is 29.6 Å². The standard InChI is InChI=1S/C14H12F4OS/c1-2-8-5-6-20-13(8)12(19)9-3-4-10(11(15)7-9)14(16,17)18/h3-7,12,19H,2H2,1H3. The summed E-state index contributed by atoms with van der Waals surface area (Å²) >= 11 is 1.30. The first-order chi connectivity index (χ1) is 9.34. The molecule has 1 N–H and O–H groups in total. The highest BCUT2D eigenvalue weighted by atomic mass is 32.1. The van der Waals surface area contributed by atoms with Crippen LogP contribution in [0.2, 0.25) is 0 Å². The van der Waals surface area contributed by atoms with Gasteiger partial charge in [-0.05, 0) is 41.1 Å². The van der Waals surface area contributed by atoms with Crippen LogP contribution < -0.4 is 0 Å². The molecule has 1 aromatic carbocycles. The van der Waals surface area contributed by atoms with Crippen LogP contribution in [0.5, 0.6) is 0 Å². The molecule has 0 bridgehead atoms. The van der Waals surface area contributed by atoms with E-state index < -0.39 is 23.7 Å². The lowest BCUT2D eigenvalue weighted by Crippen LogP contribution is -2.09. The third-order valence-corrected chi connectivity index (χ3v) is 4.04. The topological polar surface area (TPSA) is 20.2 Å². The highest BCUT2D eigenvalue weighted by Crippen LogP contribution is 2.35. The van der Waals surface area contributed by atoms with Crippen molar-refractivity contribution in [2.75, 3.05) is 0 Å². The number of hydrogen-bond donors (Lipinski definition) is 1. The maximum Gasteiger partial charge on any atom is 0.419 e. The average Bonchev–Trinajstić information content (AvgIpc) is 2.84. The maximum atomic E-state index is 13.5. The molecule has 2 rings (SSSR count). The largest absolute Gasteiger partial charge is 0.419 e. The van der Waals surface area contributed by atoms with Gasteiger partial charge >= 0.3 is 6.18 Å². The molecule has 1 heterocycles. The van der Waals surface area contributed by atoms with Crippen molar-refractivity contribution >= 4 is 11.3 Å². The van der Waals surface area contributed by atoms with Crippen LogP contribution in [0.1, 0.15) is 34.6 Å². The summed E-state index contributed by atoms with van der Waals surface area (Å²) in [5.41, 5.74) is -0.300. The van der Waals surface area contributed by atoms with Crippen molar-refractivity contribution in [1.29, 1.82) is 0 Å². The summed E-state index contributed by atoms with van der Waals surface area (Å²) in [6.45, 7) is 1.91. The van der Waals surface area contributed by atoms with E-state index in [2.05, 4.69) is 0 Å². The van der Waals surface area contributed by atoms with E-state index in [0.717, 1.165) is 17.7 Å². The van der Waals surface area contributed by atoms with Crippen LogP contribution in [0.4, 0.5) is 17.6 Å². The second-order valence-corrected chi connectivity index (χ2v) is 5.25. The zero-order valence-electron chi connectivity index (χ0n) is 10.5. The molecule has 20 heavy (non-hydrogen) atoms. The average molecular weight is 304 g/mol. The number of aliphatic hydroxyl groups is 1. The highest BCUT2D eigenvalue weighted by Gasteiger charge is 2.34. The van der Waals surface area contributed by atoms with Crippen LogP contribution in [-0.2, 0) is 12.6 Å². The predicted octanol–water partition coefficient (Wildman–Crippen LogP) is 4.55. The van der Waals surface area contributed by atoms with Crippen molar-refractivity contribution in [2.24, 2.45) is 0 Å². The molecule has 6 heteroatoms. The molecular formula is C14H12F4OS. The number of benzene rings is 1. The molecular weight excluding hydrogens is 292 g/mol. The van der Waals surface area contributed by atoms with Gasteiger partial charge in [0.05, 0.1) is 5.56 Å². The van der Waals surface area contributed by atoms with Gasteiger partial charge in [0.2, 0.25) is 0 Å². The van der Waals surface area contributed by atoms with Gasteiger partial charge < -0.3 is 5.11 Å². The molecule has 0 fully saturated rings. The Morgan fingerprint density at radius 3 is 2.50 bits per heavy atom.